The lowest BCUT2D eigenvalue weighted by Crippen LogP contribution is -2.52. The van der Waals surface area contributed by atoms with E-state index in [9.17, 15) is 9.18 Å². The maximum absolute atomic E-state index is 13.9. The molecule has 0 N–H and O–H groups in total. The van der Waals surface area contributed by atoms with Gasteiger partial charge in [0, 0.05) is 6.54 Å². The van der Waals surface area contributed by atoms with Crippen LogP contribution in [0.15, 0.2) is 0 Å². The van der Waals surface area contributed by atoms with Gasteiger partial charge < -0.3 is 14.4 Å². The van der Waals surface area contributed by atoms with Gasteiger partial charge in [0.2, 0.25) is 0 Å². The van der Waals surface area contributed by atoms with Gasteiger partial charge in [0.15, 0.2) is 0 Å². The third-order valence-corrected chi connectivity index (χ3v) is 2.49. The molecule has 0 saturated carbocycles. The Hall–Kier alpha value is -0.645. The third kappa shape index (κ3) is 5.89. The van der Waals surface area contributed by atoms with Crippen molar-refractivity contribution in [3.05, 3.63) is 0 Å². The van der Waals surface area contributed by atoms with Crippen molar-refractivity contribution >= 4 is 29.6 Å². The molecule has 1 heterocycles. The van der Waals surface area contributed by atoms with Crippen LogP contribution in [0.3, 0.4) is 0 Å². The molecule has 1 rings (SSSR count). The summed E-state index contributed by atoms with van der Waals surface area (Å²) in [5, 5.41) is -1.87. The second-order valence-corrected chi connectivity index (χ2v) is 5.74. The summed E-state index contributed by atoms with van der Waals surface area (Å²) >= 11 is 0. The van der Waals surface area contributed by atoms with Gasteiger partial charge in [0.1, 0.15) is 11.8 Å². The van der Waals surface area contributed by atoms with Gasteiger partial charge in [0.25, 0.3) is 0 Å². The molecule has 8 heteroatoms. The number of hydrogen-bond donors (Lipinski definition) is 0. The van der Waals surface area contributed by atoms with E-state index in [0.717, 1.165) is 0 Å². The summed E-state index contributed by atoms with van der Waals surface area (Å²) in [4.78, 5) is 13.1. The lowest BCUT2D eigenvalue weighted by Gasteiger charge is -2.38. The molecular formula is C11H17B3FNO3. The van der Waals surface area contributed by atoms with Crippen molar-refractivity contribution < 1.29 is 18.7 Å². The summed E-state index contributed by atoms with van der Waals surface area (Å²) in [5.74, 6) is 0. The number of likely N-dealkylation sites (tertiary alicyclic amines) is 1. The number of ether oxygens (including phenoxy) is 2. The van der Waals surface area contributed by atoms with Crippen LogP contribution in [0.4, 0.5) is 9.18 Å². The van der Waals surface area contributed by atoms with E-state index in [1.54, 1.807) is 20.8 Å². The van der Waals surface area contributed by atoms with Crippen LogP contribution in [0.2, 0.25) is 0 Å². The van der Waals surface area contributed by atoms with Gasteiger partial charge in [-0.15, -0.1) is 0 Å². The topological polar surface area (TPSA) is 38.8 Å². The number of carbonyl (C=O) groups excluding carboxylic acids is 1. The van der Waals surface area contributed by atoms with Crippen LogP contribution in [0.25, 0.3) is 0 Å². The van der Waals surface area contributed by atoms with Gasteiger partial charge in [-0.05, 0) is 32.5 Å². The van der Waals surface area contributed by atoms with E-state index in [1.165, 1.54) is 4.90 Å². The first-order valence-electron chi connectivity index (χ1n) is 6.14. The van der Waals surface area contributed by atoms with Crippen molar-refractivity contribution in [3.8, 4) is 0 Å². The molecule has 1 aliphatic heterocycles. The summed E-state index contributed by atoms with van der Waals surface area (Å²) in [7, 11) is 15.8. The molecule has 0 aliphatic carbocycles. The third-order valence-electron chi connectivity index (χ3n) is 2.49. The Balaban J connectivity index is 2.52. The van der Waals surface area contributed by atoms with Gasteiger partial charge >= 0.3 is 6.09 Å². The fourth-order valence-corrected chi connectivity index (χ4v) is 1.77. The average Bonchev–Trinajstić information content (AvgIpc) is 2.16. The second-order valence-electron chi connectivity index (χ2n) is 5.74. The first-order chi connectivity index (χ1) is 8.48. The zero-order valence-electron chi connectivity index (χ0n) is 11.6. The van der Waals surface area contributed by atoms with Gasteiger partial charge in [-0.1, -0.05) is 0 Å². The van der Waals surface area contributed by atoms with Crippen LogP contribution >= 0.6 is 0 Å². The Morgan fingerprint density at radius 1 is 1.32 bits per heavy atom. The van der Waals surface area contributed by atoms with Crippen molar-refractivity contribution in [1.29, 1.82) is 0 Å². The molecular weight excluding hydrogens is 246 g/mol. The average molecular weight is 263 g/mol. The summed E-state index contributed by atoms with van der Waals surface area (Å²) in [6.07, 6.45) is -2.52. The van der Waals surface area contributed by atoms with Crippen molar-refractivity contribution in [2.45, 2.75) is 50.4 Å². The van der Waals surface area contributed by atoms with E-state index >= 15 is 0 Å². The fourth-order valence-electron chi connectivity index (χ4n) is 1.77. The maximum atomic E-state index is 13.9. The Bertz CT molecular complexity index is 330. The number of halogens is 1. The number of amides is 1. The van der Waals surface area contributed by atoms with E-state index in [0.29, 0.717) is 6.54 Å². The molecule has 0 bridgehead atoms. The van der Waals surface area contributed by atoms with E-state index in [-0.39, 0.29) is 13.0 Å². The zero-order valence-corrected chi connectivity index (χ0v) is 11.6. The first kappa shape index (κ1) is 16.4. The van der Waals surface area contributed by atoms with Crippen molar-refractivity contribution in [2.75, 3.05) is 13.1 Å². The van der Waals surface area contributed by atoms with Crippen LogP contribution in [-0.2, 0) is 9.47 Å². The monoisotopic (exact) mass is 263 g/mol. The van der Waals surface area contributed by atoms with E-state index in [4.69, 9.17) is 33.0 Å². The Kier molecular flexibility index (Phi) is 4.99. The highest BCUT2D eigenvalue weighted by Crippen LogP contribution is 2.21. The summed E-state index contributed by atoms with van der Waals surface area (Å²) < 4.78 is 24.0. The maximum Gasteiger partial charge on any atom is 0.410 e. The zero-order chi connectivity index (χ0) is 14.8. The van der Waals surface area contributed by atoms with Crippen molar-refractivity contribution in [3.63, 3.8) is 0 Å². The van der Waals surface area contributed by atoms with Crippen LogP contribution in [-0.4, -0.2) is 70.8 Å². The van der Waals surface area contributed by atoms with E-state index in [1.807, 2.05) is 0 Å². The normalized spacial score (nSPS) is 25.2. The SMILES string of the molecule is [B]C([B])([B])OC1CCN(C(=O)OC(C)(C)C)CC1F. The molecule has 6 radical (unpaired) electrons. The number of rotatable bonds is 2. The molecule has 4 nitrogen and oxygen atoms in total. The molecule has 0 aromatic carbocycles. The van der Waals surface area contributed by atoms with E-state index in [2.05, 4.69) is 0 Å². The molecule has 100 valence electrons. The van der Waals surface area contributed by atoms with Crippen molar-refractivity contribution in [1.82, 2.24) is 4.90 Å². The number of carbonyl (C=O) groups is 1. The van der Waals surface area contributed by atoms with Gasteiger partial charge in [-0.2, -0.15) is 0 Å². The molecule has 0 spiro atoms. The molecule has 0 aromatic heterocycles. The molecule has 2 unspecified atom stereocenters. The predicted octanol–water partition coefficient (Wildman–Crippen LogP) is 0.467. The Labute approximate surface area is 117 Å². The van der Waals surface area contributed by atoms with Crippen LogP contribution in [0.5, 0.6) is 0 Å². The minimum absolute atomic E-state index is 0.129. The van der Waals surface area contributed by atoms with Crippen LogP contribution < -0.4 is 0 Å². The number of nitrogens with zero attached hydrogens (tertiary/aromatic N) is 1. The number of alkyl halides is 1. The summed E-state index contributed by atoms with van der Waals surface area (Å²) in [6.45, 7) is 5.42. The smallest absolute Gasteiger partial charge is 0.410 e. The van der Waals surface area contributed by atoms with Gasteiger partial charge in [-0.3, -0.25) is 0 Å². The van der Waals surface area contributed by atoms with Crippen LogP contribution in [0.1, 0.15) is 27.2 Å². The largest absolute Gasteiger partial charge is 0.444 e. The highest BCUT2D eigenvalue weighted by atomic mass is 19.1. The number of piperidine rings is 1. The van der Waals surface area contributed by atoms with Crippen LogP contribution in [0, 0.1) is 0 Å². The predicted molar refractivity (Wildman–Crippen MR) is 72.2 cm³/mol. The quantitative estimate of drug-likeness (QED) is 0.679. The standard InChI is InChI=1S/C11H17B3FNO3/c1-10(2,3)19-9(17)16-5-4-8(7(15)6-16)18-11(12,13)14/h7-8H,4-6H2,1-3H3. The first-order valence-corrected chi connectivity index (χ1v) is 6.14. The molecule has 1 aliphatic rings. The fraction of sp³-hybridized carbons (Fsp3) is 0.909. The minimum atomic E-state index is -1.87. The molecule has 1 saturated heterocycles. The molecule has 0 aromatic rings. The minimum Gasteiger partial charge on any atom is -0.444 e. The second kappa shape index (κ2) is 5.77. The lowest BCUT2D eigenvalue weighted by molar-refractivity contribution is -0.0553. The number of hydrogen-bond acceptors (Lipinski definition) is 3. The molecule has 19 heavy (non-hydrogen) atoms. The Morgan fingerprint density at radius 3 is 2.32 bits per heavy atom. The molecule has 1 fully saturated rings. The van der Waals surface area contributed by atoms with Gasteiger partial charge in [-0.25, -0.2) is 9.18 Å². The van der Waals surface area contributed by atoms with Crippen molar-refractivity contribution in [2.24, 2.45) is 0 Å². The highest BCUT2D eigenvalue weighted by Gasteiger charge is 2.35. The van der Waals surface area contributed by atoms with Gasteiger partial charge in [0.05, 0.1) is 36.2 Å². The Morgan fingerprint density at radius 2 is 1.89 bits per heavy atom. The molecule has 2 atom stereocenters. The highest BCUT2D eigenvalue weighted by molar-refractivity contribution is 6.58. The summed E-state index contributed by atoms with van der Waals surface area (Å²) in [5.41, 5.74) is -0.614. The van der Waals surface area contributed by atoms with E-state index < -0.39 is 29.3 Å². The summed E-state index contributed by atoms with van der Waals surface area (Å²) in [6, 6.07) is 0. The molecule has 1 amide bonds. The lowest BCUT2D eigenvalue weighted by atomic mass is 9.52.